The first kappa shape index (κ1) is 17.0. The Morgan fingerprint density at radius 3 is 2.84 bits per heavy atom. The molecule has 0 spiro atoms. The van der Waals surface area contributed by atoms with Crippen molar-refractivity contribution in [2.45, 2.75) is 6.42 Å². The minimum Gasteiger partial charge on any atom is -0.486 e. The number of carbonyl (C=O) groups is 1. The zero-order valence-corrected chi connectivity index (χ0v) is 13.9. The number of nitro groups is 1. The van der Waals surface area contributed by atoms with Crippen LogP contribution >= 0.6 is 11.6 Å². The van der Waals surface area contributed by atoms with Crippen LogP contribution < -0.4 is 14.8 Å². The molecule has 3 rings (SSSR count). The minimum atomic E-state index is -0.534. The number of amides is 1. The Kier molecular flexibility index (Phi) is 5.04. The molecule has 25 heavy (non-hydrogen) atoms. The lowest BCUT2D eigenvalue weighted by atomic mass is 10.1. The zero-order chi connectivity index (χ0) is 17.8. The Hall–Kier alpha value is -2.80. The third kappa shape index (κ3) is 4.00. The minimum absolute atomic E-state index is 0.119. The molecule has 130 valence electrons. The van der Waals surface area contributed by atoms with E-state index in [2.05, 4.69) is 5.32 Å². The topological polar surface area (TPSA) is 90.7 Å². The van der Waals surface area contributed by atoms with Gasteiger partial charge in [0.2, 0.25) is 0 Å². The molecule has 0 aromatic heterocycles. The van der Waals surface area contributed by atoms with Gasteiger partial charge in [-0.15, -0.1) is 0 Å². The first-order valence-corrected chi connectivity index (χ1v) is 8.03. The highest BCUT2D eigenvalue weighted by atomic mass is 35.5. The largest absolute Gasteiger partial charge is 0.486 e. The molecule has 1 aliphatic rings. The lowest BCUT2D eigenvalue weighted by Crippen LogP contribution is -2.25. The number of nitro benzene ring substituents is 1. The average Bonchev–Trinajstić information content (AvgIpc) is 2.62. The van der Waals surface area contributed by atoms with Crippen LogP contribution in [-0.4, -0.2) is 30.6 Å². The van der Waals surface area contributed by atoms with E-state index in [-0.39, 0.29) is 17.2 Å². The highest BCUT2D eigenvalue weighted by Gasteiger charge is 2.17. The summed E-state index contributed by atoms with van der Waals surface area (Å²) in [6.45, 7) is 1.29. The van der Waals surface area contributed by atoms with E-state index in [0.29, 0.717) is 42.7 Å². The van der Waals surface area contributed by atoms with Crippen molar-refractivity contribution in [2.75, 3.05) is 19.8 Å². The van der Waals surface area contributed by atoms with Gasteiger partial charge in [-0.05, 0) is 30.2 Å². The number of rotatable bonds is 5. The molecule has 1 amide bonds. The van der Waals surface area contributed by atoms with E-state index in [1.165, 1.54) is 24.3 Å². The van der Waals surface area contributed by atoms with Gasteiger partial charge in [-0.3, -0.25) is 14.9 Å². The van der Waals surface area contributed by atoms with Crippen molar-refractivity contribution in [2.24, 2.45) is 0 Å². The van der Waals surface area contributed by atoms with Gasteiger partial charge in [0, 0.05) is 24.2 Å². The second-order valence-electron chi connectivity index (χ2n) is 5.42. The quantitative estimate of drug-likeness (QED) is 0.652. The van der Waals surface area contributed by atoms with Gasteiger partial charge in [0.15, 0.2) is 11.5 Å². The molecular formula is C17H15ClN2O5. The molecule has 1 aliphatic heterocycles. The fourth-order valence-corrected chi connectivity index (χ4v) is 2.78. The summed E-state index contributed by atoms with van der Waals surface area (Å²) in [4.78, 5) is 22.3. The SMILES string of the molecule is O=C(NCCc1cc(Cl)c2c(c1)OCCO2)c1cccc([N+](=O)[O-])c1. The van der Waals surface area contributed by atoms with Crippen LogP contribution in [0.5, 0.6) is 11.5 Å². The molecule has 0 saturated carbocycles. The van der Waals surface area contributed by atoms with E-state index in [1.54, 1.807) is 6.07 Å². The van der Waals surface area contributed by atoms with E-state index in [4.69, 9.17) is 21.1 Å². The molecule has 0 bridgehead atoms. The fraction of sp³-hybridized carbons (Fsp3) is 0.235. The molecule has 0 radical (unpaired) electrons. The number of carbonyl (C=O) groups excluding carboxylic acids is 1. The Bertz CT molecular complexity index is 825. The lowest BCUT2D eigenvalue weighted by Gasteiger charge is -2.20. The number of halogens is 1. The number of hydrogen-bond donors (Lipinski definition) is 1. The van der Waals surface area contributed by atoms with Gasteiger partial charge < -0.3 is 14.8 Å². The maximum absolute atomic E-state index is 12.1. The van der Waals surface area contributed by atoms with Crippen LogP contribution in [0, 0.1) is 10.1 Å². The van der Waals surface area contributed by atoms with Gasteiger partial charge in [-0.2, -0.15) is 0 Å². The molecule has 0 fully saturated rings. The van der Waals surface area contributed by atoms with Crippen molar-refractivity contribution in [1.82, 2.24) is 5.32 Å². The van der Waals surface area contributed by atoms with Crippen molar-refractivity contribution in [3.8, 4) is 11.5 Å². The summed E-state index contributed by atoms with van der Waals surface area (Å²) in [7, 11) is 0. The molecule has 0 saturated heterocycles. The van der Waals surface area contributed by atoms with Crippen molar-refractivity contribution in [3.63, 3.8) is 0 Å². The van der Waals surface area contributed by atoms with Gasteiger partial charge in [0.1, 0.15) is 13.2 Å². The molecule has 1 heterocycles. The maximum Gasteiger partial charge on any atom is 0.270 e. The van der Waals surface area contributed by atoms with E-state index in [1.807, 2.05) is 6.07 Å². The number of hydrogen-bond acceptors (Lipinski definition) is 5. The normalized spacial score (nSPS) is 12.5. The number of fused-ring (bicyclic) bond motifs is 1. The third-order valence-corrected chi connectivity index (χ3v) is 3.96. The summed E-state index contributed by atoms with van der Waals surface area (Å²) >= 11 is 6.18. The Labute approximate surface area is 148 Å². The maximum atomic E-state index is 12.1. The summed E-state index contributed by atoms with van der Waals surface area (Å²) in [5.74, 6) is 0.767. The smallest absolute Gasteiger partial charge is 0.270 e. The molecule has 2 aromatic rings. The predicted octanol–water partition coefficient (Wildman–Crippen LogP) is 2.99. The van der Waals surface area contributed by atoms with Gasteiger partial charge >= 0.3 is 0 Å². The fourth-order valence-electron chi connectivity index (χ4n) is 2.49. The van der Waals surface area contributed by atoms with E-state index in [9.17, 15) is 14.9 Å². The summed E-state index contributed by atoms with van der Waals surface area (Å²) in [5, 5.41) is 14.0. The van der Waals surface area contributed by atoms with E-state index >= 15 is 0 Å². The second kappa shape index (κ2) is 7.40. The zero-order valence-electron chi connectivity index (χ0n) is 13.2. The molecule has 0 unspecified atom stereocenters. The van der Waals surface area contributed by atoms with Crippen LogP contribution in [0.15, 0.2) is 36.4 Å². The van der Waals surface area contributed by atoms with Crippen LogP contribution in [0.1, 0.15) is 15.9 Å². The van der Waals surface area contributed by atoms with Crippen molar-refractivity contribution in [1.29, 1.82) is 0 Å². The lowest BCUT2D eigenvalue weighted by molar-refractivity contribution is -0.384. The van der Waals surface area contributed by atoms with Crippen LogP contribution in [0.3, 0.4) is 0 Å². The van der Waals surface area contributed by atoms with Crippen LogP contribution in [0.25, 0.3) is 0 Å². The molecule has 8 heteroatoms. The number of ether oxygens (including phenoxy) is 2. The van der Waals surface area contributed by atoms with Crippen LogP contribution in [0.4, 0.5) is 5.69 Å². The first-order valence-electron chi connectivity index (χ1n) is 7.65. The molecule has 2 aromatic carbocycles. The van der Waals surface area contributed by atoms with Crippen LogP contribution in [-0.2, 0) is 6.42 Å². The predicted molar refractivity (Wildman–Crippen MR) is 91.6 cm³/mol. The van der Waals surface area contributed by atoms with E-state index in [0.717, 1.165) is 5.56 Å². The molecule has 1 N–H and O–H groups in total. The Morgan fingerprint density at radius 2 is 2.04 bits per heavy atom. The Morgan fingerprint density at radius 1 is 1.24 bits per heavy atom. The van der Waals surface area contributed by atoms with Gasteiger partial charge in [0.05, 0.1) is 9.95 Å². The Balaban J connectivity index is 1.61. The van der Waals surface area contributed by atoms with Gasteiger partial charge in [-0.1, -0.05) is 17.7 Å². The number of nitrogens with one attached hydrogen (secondary N) is 1. The monoisotopic (exact) mass is 362 g/mol. The summed E-state index contributed by atoms with van der Waals surface area (Å²) < 4.78 is 11.0. The van der Waals surface area contributed by atoms with Gasteiger partial charge in [-0.25, -0.2) is 0 Å². The summed E-state index contributed by atoms with van der Waals surface area (Å²) in [6.07, 6.45) is 0.539. The van der Waals surface area contributed by atoms with E-state index < -0.39 is 4.92 Å². The number of nitrogens with zero attached hydrogens (tertiary/aromatic N) is 1. The number of non-ortho nitro benzene ring substituents is 1. The third-order valence-electron chi connectivity index (χ3n) is 3.68. The molecule has 0 atom stereocenters. The average molecular weight is 363 g/mol. The summed E-state index contributed by atoms with van der Waals surface area (Å²) in [6, 6.07) is 9.20. The van der Waals surface area contributed by atoms with Gasteiger partial charge in [0.25, 0.3) is 11.6 Å². The first-order chi connectivity index (χ1) is 12.0. The molecule has 7 nitrogen and oxygen atoms in total. The number of benzene rings is 2. The highest BCUT2D eigenvalue weighted by Crippen LogP contribution is 2.38. The van der Waals surface area contributed by atoms with Crippen molar-refractivity contribution in [3.05, 3.63) is 62.7 Å². The van der Waals surface area contributed by atoms with Crippen LogP contribution in [0.2, 0.25) is 5.02 Å². The molecule has 0 aliphatic carbocycles. The standard InChI is InChI=1S/C17H15ClN2O5/c18-14-8-11(9-15-16(14)25-7-6-24-15)4-5-19-17(21)12-2-1-3-13(10-12)20(22)23/h1-3,8-10H,4-7H2,(H,19,21). The summed E-state index contributed by atoms with van der Waals surface area (Å²) in [5.41, 5.74) is 1.02. The highest BCUT2D eigenvalue weighted by molar-refractivity contribution is 6.32. The molecular weight excluding hydrogens is 348 g/mol. The van der Waals surface area contributed by atoms with Crippen molar-refractivity contribution < 1.29 is 19.2 Å². The second-order valence-corrected chi connectivity index (χ2v) is 5.82. The van der Waals surface area contributed by atoms with Crippen molar-refractivity contribution >= 4 is 23.2 Å².